The molecule has 1 aliphatic carbocycles. The summed E-state index contributed by atoms with van der Waals surface area (Å²) in [5, 5.41) is 12.4. The van der Waals surface area contributed by atoms with E-state index in [1.54, 1.807) is 15.8 Å². The molecule has 22 heavy (non-hydrogen) atoms. The van der Waals surface area contributed by atoms with Gasteiger partial charge in [0.2, 0.25) is 0 Å². The van der Waals surface area contributed by atoms with Crippen LogP contribution in [0.25, 0.3) is 0 Å². The lowest BCUT2D eigenvalue weighted by molar-refractivity contribution is 0.00767. The van der Waals surface area contributed by atoms with E-state index in [9.17, 15) is 9.90 Å². The van der Waals surface area contributed by atoms with Crippen LogP contribution in [-0.4, -0.2) is 33.0 Å². The Bertz CT molecular complexity index is 607. The average molecular weight is 316 g/mol. The normalized spacial score (nSPS) is 16.6. The lowest BCUT2D eigenvalue weighted by atomic mass is 10.0. The predicted octanol–water partition coefficient (Wildman–Crippen LogP) is 3.09. The summed E-state index contributed by atoms with van der Waals surface area (Å²) in [6, 6.07) is 9.89. The molecule has 1 aromatic heterocycles. The van der Waals surface area contributed by atoms with Crippen LogP contribution >= 0.6 is 11.3 Å². The summed E-state index contributed by atoms with van der Waals surface area (Å²) in [7, 11) is 0. The number of thiazole rings is 1. The van der Waals surface area contributed by atoms with E-state index in [2.05, 4.69) is 4.98 Å². The maximum atomic E-state index is 12.7. The maximum Gasteiger partial charge on any atom is 0.273 e. The van der Waals surface area contributed by atoms with Gasteiger partial charge in [0, 0.05) is 11.9 Å². The molecule has 0 spiro atoms. The Morgan fingerprint density at radius 3 is 2.64 bits per heavy atom. The van der Waals surface area contributed by atoms with E-state index in [0.717, 1.165) is 31.2 Å². The summed E-state index contributed by atoms with van der Waals surface area (Å²) >= 11 is 1.41. The highest BCUT2D eigenvalue weighted by atomic mass is 32.1. The van der Waals surface area contributed by atoms with Crippen molar-refractivity contribution in [1.29, 1.82) is 0 Å². The van der Waals surface area contributed by atoms with Gasteiger partial charge >= 0.3 is 0 Å². The molecule has 1 saturated carbocycles. The van der Waals surface area contributed by atoms with Crippen LogP contribution in [0.15, 0.2) is 41.2 Å². The minimum atomic E-state index is -0.750. The van der Waals surface area contributed by atoms with Gasteiger partial charge in [-0.3, -0.25) is 4.79 Å². The molecule has 1 N–H and O–H groups in total. The van der Waals surface area contributed by atoms with Crippen molar-refractivity contribution in [3.05, 3.63) is 52.5 Å². The topological polar surface area (TPSA) is 53.4 Å². The first kappa shape index (κ1) is 15.2. The highest BCUT2D eigenvalue weighted by Gasteiger charge is 2.35. The first-order valence-corrected chi connectivity index (χ1v) is 8.54. The van der Waals surface area contributed by atoms with Gasteiger partial charge in [0.15, 0.2) is 0 Å². The molecule has 1 aromatic carbocycles. The molecular weight excluding hydrogens is 296 g/mol. The van der Waals surface area contributed by atoms with Crippen molar-refractivity contribution < 1.29 is 9.90 Å². The van der Waals surface area contributed by atoms with Crippen molar-refractivity contribution in [3.8, 4) is 0 Å². The molecule has 1 aliphatic rings. The Labute approximate surface area is 134 Å². The minimum absolute atomic E-state index is 0.106. The molecule has 4 nitrogen and oxygen atoms in total. The number of nitrogens with zero attached hydrogens (tertiary/aromatic N) is 2. The second-order valence-electron chi connectivity index (χ2n) is 5.95. The van der Waals surface area contributed by atoms with Gasteiger partial charge in [0.1, 0.15) is 5.69 Å². The first-order valence-electron chi connectivity index (χ1n) is 7.60. The second-order valence-corrected chi connectivity index (χ2v) is 6.67. The third-order valence-corrected chi connectivity index (χ3v) is 4.76. The Kier molecular flexibility index (Phi) is 4.55. The SMILES string of the molecule is O=C(c1cscn1)N(Cc1ccccc1)CC1(O)CCCC1. The summed E-state index contributed by atoms with van der Waals surface area (Å²) in [5.41, 5.74) is 2.44. The van der Waals surface area contributed by atoms with E-state index in [1.165, 1.54) is 11.3 Å². The number of carbonyl (C=O) groups excluding carboxylic acids is 1. The fraction of sp³-hybridized carbons (Fsp3) is 0.412. The number of benzene rings is 1. The summed E-state index contributed by atoms with van der Waals surface area (Å²) in [6.45, 7) is 0.873. The highest BCUT2D eigenvalue weighted by molar-refractivity contribution is 7.07. The van der Waals surface area contributed by atoms with Crippen LogP contribution in [0.3, 0.4) is 0 Å². The molecule has 1 heterocycles. The lowest BCUT2D eigenvalue weighted by Crippen LogP contribution is -2.43. The van der Waals surface area contributed by atoms with Crippen molar-refractivity contribution in [2.24, 2.45) is 0 Å². The second kappa shape index (κ2) is 6.58. The van der Waals surface area contributed by atoms with Gasteiger partial charge in [-0.25, -0.2) is 4.98 Å². The Morgan fingerprint density at radius 2 is 2.00 bits per heavy atom. The summed E-state index contributed by atoms with van der Waals surface area (Å²) in [6.07, 6.45) is 3.59. The standard InChI is InChI=1S/C17H20N2O2S/c20-16(15-11-22-13-18-15)19(10-14-6-2-1-3-7-14)12-17(21)8-4-5-9-17/h1-3,6-7,11,13,21H,4-5,8-10,12H2. The van der Waals surface area contributed by atoms with Gasteiger partial charge in [-0.2, -0.15) is 0 Å². The maximum absolute atomic E-state index is 12.7. The van der Waals surface area contributed by atoms with Crippen LogP contribution in [0.2, 0.25) is 0 Å². The summed E-state index contributed by atoms with van der Waals surface area (Å²) in [4.78, 5) is 18.6. The third-order valence-electron chi connectivity index (χ3n) is 4.17. The van der Waals surface area contributed by atoms with Crippen LogP contribution in [-0.2, 0) is 6.54 Å². The summed E-state index contributed by atoms with van der Waals surface area (Å²) in [5.74, 6) is -0.106. The van der Waals surface area contributed by atoms with Crippen molar-refractivity contribution in [1.82, 2.24) is 9.88 Å². The van der Waals surface area contributed by atoms with Crippen LogP contribution in [0.1, 0.15) is 41.7 Å². The summed E-state index contributed by atoms with van der Waals surface area (Å²) < 4.78 is 0. The third kappa shape index (κ3) is 3.54. The van der Waals surface area contributed by atoms with Gasteiger partial charge in [0.25, 0.3) is 5.91 Å². The molecule has 1 fully saturated rings. The van der Waals surface area contributed by atoms with Crippen LogP contribution < -0.4 is 0 Å². The number of hydrogen-bond acceptors (Lipinski definition) is 4. The van der Waals surface area contributed by atoms with Crippen LogP contribution in [0, 0.1) is 0 Å². The molecule has 0 aliphatic heterocycles. The zero-order valence-electron chi connectivity index (χ0n) is 12.4. The van der Waals surface area contributed by atoms with Crippen LogP contribution in [0.4, 0.5) is 0 Å². The molecule has 1 amide bonds. The number of amides is 1. The zero-order chi connectivity index (χ0) is 15.4. The molecule has 0 bridgehead atoms. The van der Waals surface area contributed by atoms with E-state index < -0.39 is 5.60 Å². The molecule has 0 saturated heterocycles. The molecule has 5 heteroatoms. The number of rotatable bonds is 5. The van der Waals surface area contributed by atoms with E-state index in [0.29, 0.717) is 18.8 Å². The minimum Gasteiger partial charge on any atom is -0.388 e. The predicted molar refractivity (Wildman–Crippen MR) is 86.7 cm³/mol. The molecule has 116 valence electrons. The largest absolute Gasteiger partial charge is 0.388 e. The first-order chi connectivity index (χ1) is 10.7. The van der Waals surface area contributed by atoms with Crippen molar-refractivity contribution >= 4 is 17.2 Å². The molecule has 0 radical (unpaired) electrons. The van der Waals surface area contributed by atoms with E-state index in [1.807, 2.05) is 30.3 Å². The van der Waals surface area contributed by atoms with Gasteiger partial charge in [0.05, 0.1) is 17.7 Å². The van der Waals surface area contributed by atoms with E-state index in [-0.39, 0.29) is 5.91 Å². The van der Waals surface area contributed by atoms with Gasteiger partial charge in [-0.1, -0.05) is 43.2 Å². The molecule has 0 unspecified atom stereocenters. The fourth-order valence-electron chi connectivity index (χ4n) is 3.03. The van der Waals surface area contributed by atoms with Crippen molar-refractivity contribution in [2.75, 3.05) is 6.54 Å². The molecule has 0 atom stereocenters. The van der Waals surface area contributed by atoms with E-state index in [4.69, 9.17) is 0 Å². The Balaban J connectivity index is 1.80. The van der Waals surface area contributed by atoms with Gasteiger partial charge in [-0.05, 0) is 18.4 Å². The smallest absolute Gasteiger partial charge is 0.273 e. The van der Waals surface area contributed by atoms with Gasteiger partial charge in [-0.15, -0.1) is 11.3 Å². The zero-order valence-corrected chi connectivity index (χ0v) is 13.3. The highest BCUT2D eigenvalue weighted by Crippen LogP contribution is 2.31. The van der Waals surface area contributed by atoms with Crippen molar-refractivity contribution in [3.63, 3.8) is 0 Å². The monoisotopic (exact) mass is 316 g/mol. The Morgan fingerprint density at radius 1 is 1.27 bits per heavy atom. The number of aromatic nitrogens is 1. The molecule has 3 rings (SSSR count). The number of carbonyl (C=O) groups is 1. The average Bonchev–Trinajstić information content (AvgIpc) is 3.19. The van der Waals surface area contributed by atoms with Gasteiger partial charge < -0.3 is 10.0 Å². The molecular formula is C17H20N2O2S. The lowest BCUT2D eigenvalue weighted by Gasteiger charge is -2.31. The van der Waals surface area contributed by atoms with E-state index >= 15 is 0 Å². The van der Waals surface area contributed by atoms with Crippen LogP contribution in [0.5, 0.6) is 0 Å². The number of aliphatic hydroxyl groups is 1. The van der Waals surface area contributed by atoms with Crippen molar-refractivity contribution in [2.45, 2.75) is 37.8 Å². The number of hydrogen-bond donors (Lipinski definition) is 1. The Hall–Kier alpha value is -1.72. The molecule has 2 aromatic rings. The fourth-order valence-corrected chi connectivity index (χ4v) is 3.56. The quantitative estimate of drug-likeness (QED) is 0.922.